The Labute approximate surface area is 104 Å². The van der Waals surface area contributed by atoms with E-state index >= 15 is 0 Å². The summed E-state index contributed by atoms with van der Waals surface area (Å²) in [6.07, 6.45) is 3.24. The number of nitrogens with one attached hydrogen (secondary N) is 1. The summed E-state index contributed by atoms with van der Waals surface area (Å²) in [4.78, 5) is 15.7. The fourth-order valence-electron chi connectivity index (χ4n) is 1.42. The van der Waals surface area contributed by atoms with E-state index in [4.69, 9.17) is 4.42 Å². The van der Waals surface area contributed by atoms with Gasteiger partial charge in [0.1, 0.15) is 0 Å². The molecule has 1 heterocycles. The smallest absolute Gasteiger partial charge is 0.289 e. The summed E-state index contributed by atoms with van der Waals surface area (Å²) < 4.78 is 5.22. The summed E-state index contributed by atoms with van der Waals surface area (Å²) in [5.74, 6) is 0.692. The second-order valence-electron chi connectivity index (χ2n) is 3.65. The van der Waals surface area contributed by atoms with Crippen LogP contribution >= 0.6 is 15.9 Å². The van der Waals surface area contributed by atoms with Crippen molar-refractivity contribution in [2.75, 3.05) is 11.9 Å². The Morgan fingerprint density at radius 2 is 2.12 bits per heavy atom. The van der Waals surface area contributed by atoms with Crippen molar-refractivity contribution >= 4 is 21.8 Å². The van der Waals surface area contributed by atoms with E-state index in [2.05, 4.69) is 26.2 Å². The van der Waals surface area contributed by atoms with E-state index in [9.17, 15) is 4.79 Å². The van der Waals surface area contributed by atoms with Crippen LogP contribution in [0.5, 0.6) is 0 Å². The zero-order chi connectivity index (χ0) is 12.0. The van der Waals surface area contributed by atoms with Crippen LogP contribution in [-0.4, -0.2) is 22.8 Å². The number of halogens is 1. The standard InChI is InChI=1S/C11H17BrN2O2/c1-8-10(16-9(2)14-8)11(15)13-7-5-3-4-6-12/h3-7H2,1-2H3,(H,13,15). The molecule has 0 atom stereocenters. The molecule has 0 aliphatic heterocycles. The van der Waals surface area contributed by atoms with E-state index in [0.717, 1.165) is 24.6 Å². The van der Waals surface area contributed by atoms with Gasteiger partial charge in [0.05, 0.1) is 5.69 Å². The summed E-state index contributed by atoms with van der Waals surface area (Å²) >= 11 is 3.37. The van der Waals surface area contributed by atoms with E-state index in [0.29, 0.717) is 23.9 Å². The highest BCUT2D eigenvalue weighted by Crippen LogP contribution is 2.08. The third-order valence-electron chi connectivity index (χ3n) is 2.21. The highest BCUT2D eigenvalue weighted by Gasteiger charge is 2.14. The molecule has 0 aromatic carbocycles. The largest absolute Gasteiger partial charge is 0.436 e. The first-order chi connectivity index (χ1) is 7.65. The summed E-state index contributed by atoms with van der Waals surface area (Å²) in [6.45, 7) is 4.20. The van der Waals surface area contributed by atoms with Crippen LogP contribution in [0.2, 0.25) is 0 Å². The number of oxazole rings is 1. The zero-order valence-corrected chi connectivity index (χ0v) is 11.3. The van der Waals surface area contributed by atoms with Crippen LogP contribution in [0.1, 0.15) is 41.4 Å². The Kier molecular flexibility index (Phi) is 5.52. The van der Waals surface area contributed by atoms with E-state index in [1.807, 2.05) is 0 Å². The molecule has 0 saturated heterocycles. The minimum absolute atomic E-state index is 0.169. The third-order valence-corrected chi connectivity index (χ3v) is 2.77. The molecule has 0 unspecified atom stereocenters. The molecule has 5 heteroatoms. The van der Waals surface area contributed by atoms with Crippen LogP contribution in [0.25, 0.3) is 0 Å². The van der Waals surface area contributed by atoms with Crippen LogP contribution in [0, 0.1) is 13.8 Å². The van der Waals surface area contributed by atoms with Gasteiger partial charge in [0.15, 0.2) is 5.89 Å². The maximum atomic E-state index is 11.7. The van der Waals surface area contributed by atoms with Crippen LogP contribution in [0.15, 0.2) is 4.42 Å². The SMILES string of the molecule is Cc1nc(C)c(C(=O)NCCCCCBr)o1. The molecule has 16 heavy (non-hydrogen) atoms. The Morgan fingerprint density at radius 1 is 1.38 bits per heavy atom. The molecule has 1 N–H and O–H groups in total. The molecule has 0 spiro atoms. The van der Waals surface area contributed by atoms with Crippen molar-refractivity contribution in [2.45, 2.75) is 33.1 Å². The molecule has 0 saturated carbocycles. The first-order valence-electron chi connectivity index (χ1n) is 5.43. The second-order valence-corrected chi connectivity index (χ2v) is 4.45. The topological polar surface area (TPSA) is 55.1 Å². The zero-order valence-electron chi connectivity index (χ0n) is 9.68. The highest BCUT2D eigenvalue weighted by atomic mass is 79.9. The summed E-state index contributed by atoms with van der Waals surface area (Å²) in [5, 5.41) is 3.84. The van der Waals surface area contributed by atoms with E-state index in [1.165, 1.54) is 0 Å². The molecule has 0 bridgehead atoms. The van der Waals surface area contributed by atoms with E-state index in [1.54, 1.807) is 13.8 Å². The van der Waals surface area contributed by atoms with Gasteiger partial charge in [-0.05, 0) is 19.8 Å². The summed E-state index contributed by atoms with van der Waals surface area (Å²) in [6, 6.07) is 0. The fourth-order valence-corrected chi connectivity index (χ4v) is 1.82. The van der Waals surface area contributed by atoms with Crippen LogP contribution in [0.4, 0.5) is 0 Å². The van der Waals surface area contributed by atoms with Gasteiger partial charge in [0.2, 0.25) is 5.76 Å². The van der Waals surface area contributed by atoms with Gasteiger partial charge in [-0.1, -0.05) is 22.4 Å². The van der Waals surface area contributed by atoms with Gasteiger partial charge < -0.3 is 9.73 Å². The third kappa shape index (κ3) is 3.96. The normalized spacial score (nSPS) is 10.4. The quantitative estimate of drug-likeness (QED) is 0.647. The number of alkyl halides is 1. The fraction of sp³-hybridized carbons (Fsp3) is 0.636. The van der Waals surface area contributed by atoms with Gasteiger partial charge in [-0.15, -0.1) is 0 Å². The van der Waals surface area contributed by atoms with Crippen LogP contribution in [0.3, 0.4) is 0 Å². The average Bonchev–Trinajstić information content (AvgIpc) is 2.57. The molecule has 0 aliphatic rings. The number of rotatable bonds is 6. The van der Waals surface area contributed by atoms with Crippen molar-refractivity contribution in [1.82, 2.24) is 10.3 Å². The molecule has 0 radical (unpaired) electrons. The van der Waals surface area contributed by atoms with Gasteiger partial charge in [-0.3, -0.25) is 4.79 Å². The number of carbonyl (C=O) groups is 1. The first kappa shape index (κ1) is 13.2. The van der Waals surface area contributed by atoms with Crippen molar-refractivity contribution in [3.8, 4) is 0 Å². The van der Waals surface area contributed by atoms with Crippen molar-refractivity contribution in [3.05, 3.63) is 17.3 Å². The molecule has 4 nitrogen and oxygen atoms in total. The monoisotopic (exact) mass is 288 g/mol. The van der Waals surface area contributed by atoms with Crippen molar-refractivity contribution < 1.29 is 9.21 Å². The van der Waals surface area contributed by atoms with Gasteiger partial charge >= 0.3 is 0 Å². The number of aryl methyl sites for hydroxylation is 2. The van der Waals surface area contributed by atoms with Gasteiger partial charge in [-0.2, -0.15) is 0 Å². The van der Waals surface area contributed by atoms with Crippen LogP contribution in [-0.2, 0) is 0 Å². The van der Waals surface area contributed by atoms with Gasteiger partial charge in [0, 0.05) is 18.8 Å². The maximum Gasteiger partial charge on any atom is 0.289 e. The van der Waals surface area contributed by atoms with E-state index < -0.39 is 0 Å². The first-order valence-corrected chi connectivity index (χ1v) is 6.55. The number of nitrogens with zero attached hydrogens (tertiary/aromatic N) is 1. The summed E-state index contributed by atoms with van der Waals surface area (Å²) in [7, 11) is 0. The van der Waals surface area contributed by atoms with Crippen molar-refractivity contribution in [1.29, 1.82) is 0 Å². The number of carbonyl (C=O) groups excluding carboxylic acids is 1. The number of aromatic nitrogens is 1. The Hall–Kier alpha value is -0.840. The molecule has 0 fully saturated rings. The molecular formula is C11H17BrN2O2. The Morgan fingerprint density at radius 3 is 2.69 bits per heavy atom. The lowest BCUT2D eigenvalue weighted by molar-refractivity contribution is 0.0923. The van der Waals surface area contributed by atoms with E-state index in [-0.39, 0.29) is 5.91 Å². The second kappa shape index (κ2) is 6.68. The predicted octanol–water partition coefficient (Wildman–Crippen LogP) is 2.59. The highest BCUT2D eigenvalue weighted by molar-refractivity contribution is 9.09. The van der Waals surface area contributed by atoms with Gasteiger partial charge in [-0.25, -0.2) is 4.98 Å². The number of hydrogen-bond donors (Lipinski definition) is 1. The van der Waals surface area contributed by atoms with Crippen molar-refractivity contribution in [2.24, 2.45) is 0 Å². The lowest BCUT2D eigenvalue weighted by atomic mass is 10.2. The maximum absolute atomic E-state index is 11.7. The molecule has 90 valence electrons. The number of unbranched alkanes of at least 4 members (excludes halogenated alkanes) is 2. The Balaban J connectivity index is 2.33. The lowest BCUT2D eigenvalue weighted by Gasteiger charge is -2.02. The predicted molar refractivity (Wildman–Crippen MR) is 66.0 cm³/mol. The Bertz CT molecular complexity index is 350. The van der Waals surface area contributed by atoms with Crippen LogP contribution < -0.4 is 5.32 Å². The molecule has 0 aliphatic carbocycles. The lowest BCUT2D eigenvalue weighted by Crippen LogP contribution is -2.24. The molecule has 1 aromatic rings. The number of amides is 1. The number of hydrogen-bond acceptors (Lipinski definition) is 3. The van der Waals surface area contributed by atoms with Crippen molar-refractivity contribution in [3.63, 3.8) is 0 Å². The molecule has 1 rings (SSSR count). The minimum atomic E-state index is -0.169. The molecule has 1 aromatic heterocycles. The molecular weight excluding hydrogens is 272 g/mol. The minimum Gasteiger partial charge on any atom is -0.436 e. The molecule has 1 amide bonds. The summed E-state index contributed by atoms with van der Waals surface area (Å²) in [5.41, 5.74) is 0.649. The van der Waals surface area contributed by atoms with Gasteiger partial charge in [0.25, 0.3) is 5.91 Å². The average molecular weight is 289 g/mol.